The standard InChI is InChI=1S/C18H30O8S3.C8H14O4S2/c1-2-3-14(19)23-10-18(11-24-15(20)4-7-27,12-25-16(21)5-8-28)13-26-17(22)6-9-29;9-7(11-3-5-13)1-2-8(10)12-4-6-14/h27-29H,2-13H2,1H3;13-14H,1-6H2. The number of carbonyl (C=O) groups excluding carboxylic acids is 6. The van der Waals surface area contributed by atoms with E-state index in [1.165, 1.54) is 0 Å². The van der Waals surface area contributed by atoms with E-state index in [4.69, 9.17) is 28.4 Å². The minimum absolute atomic E-state index is 0.0547. The lowest BCUT2D eigenvalue weighted by molar-refractivity contribution is -0.170. The first-order valence-corrected chi connectivity index (χ1v) is 16.7. The van der Waals surface area contributed by atoms with Gasteiger partial charge in [0.1, 0.15) is 45.1 Å². The van der Waals surface area contributed by atoms with Crippen molar-refractivity contribution >= 4 is 99.0 Å². The molecule has 0 aromatic rings. The minimum Gasteiger partial charge on any atom is -0.465 e. The fourth-order valence-electron chi connectivity index (χ4n) is 2.62. The molecule has 250 valence electrons. The molecule has 0 aliphatic rings. The van der Waals surface area contributed by atoms with Crippen LogP contribution in [0.5, 0.6) is 0 Å². The molecule has 0 unspecified atom stereocenters. The molecule has 0 saturated heterocycles. The van der Waals surface area contributed by atoms with Crippen molar-refractivity contribution in [1.82, 2.24) is 0 Å². The number of thiol groups is 5. The minimum atomic E-state index is -1.23. The first kappa shape index (κ1) is 43.7. The third-order valence-electron chi connectivity index (χ3n) is 4.80. The predicted molar refractivity (Wildman–Crippen MR) is 175 cm³/mol. The van der Waals surface area contributed by atoms with Gasteiger partial charge in [-0.25, -0.2) is 0 Å². The Balaban J connectivity index is 0. The van der Waals surface area contributed by atoms with Crippen LogP contribution in [-0.4, -0.2) is 104 Å². The molecule has 0 fully saturated rings. The largest absolute Gasteiger partial charge is 0.465 e. The Hall–Kier alpha value is -1.43. The maximum atomic E-state index is 11.8. The molecule has 0 aromatic heterocycles. The first-order valence-electron chi connectivity index (χ1n) is 13.5. The summed E-state index contributed by atoms with van der Waals surface area (Å²) in [7, 11) is 0. The van der Waals surface area contributed by atoms with Gasteiger partial charge in [0.05, 0.1) is 32.1 Å². The number of ether oxygens (including phenoxy) is 6. The van der Waals surface area contributed by atoms with Crippen LogP contribution in [0, 0.1) is 5.41 Å². The maximum Gasteiger partial charge on any atom is 0.306 e. The smallest absolute Gasteiger partial charge is 0.306 e. The Bertz CT molecular complexity index is 715. The van der Waals surface area contributed by atoms with E-state index in [9.17, 15) is 28.8 Å². The first-order chi connectivity index (χ1) is 20.5. The van der Waals surface area contributed by atoms with E-state index in [1.807, 2.05) is 6.92 Å². The lowest BCUT2D eigenvalue weighted by Gasteiger charge is -2.31. The molecular weight excluding hydrogens is 665 g/mol. The zero-order chi connectivity index (χ0) is 32.9. The third-order valence-corrected chi connectivity index (χ3v) is 5.84. The normalized spacial score (nSPS) is 10.5. The van der Waals surface area contributed by atoms with E-state index in [0.29, 0.717) is 35.2 Å². The lowest BCUT2D eigenvalue weighted by atomic mass is 9.92. The predicted octanol–water partition coefficient (Wildman–Crippen LogP) is 2.62. The van der Waals surface area contributed by atoms with Gasteiger partial charge in [-0.15, -0.1) is 0 Å². The van der Waals surface area contributed by atoms with Gasteiger partial charge in [0.2, 0.25) is 0 Å². The number of hydrogen-bond donors (Lipinski definition) is 5. The van der Waals surface area contributed by atoms with Crippen LogP contribution in [0.25, 0.3) is 0 Å². The summed E-state index contributed by atoms with van der Waals surface area (Å²) < 4.78 is 30.4. The summed E-state index contributed by atoms with van der Waals surface area (Å²) in [4.78, 5) is 69.0. The van der Waals surface area contributed by atoms with Crippen LogP contribution in [0.15, 0.2) is 0 Å². The van der Waals surface area contributed by atoms with Gasteiger partial charge < -0.3 is 28.4 Å². The van der Waals surface area contributed by atoms with Crippen molar-refractivity contribution in [3.05, 3.63) is 0 Å². The highest BCUT2D eigenvalue weighted by atomic mass is 32.1. The van der Waals surface area contributed by atoms with Crippen LogP contribution in [0.4, 0.5) is 0 Å². The van der Waals surface area contributed by atoms with Crippen LogP contribution in [-0.2, 0) is 57.2 Å². The maximum absolute atomic E-state index is 11.8. The molecule has 0 rings (SSSR count). The molecule has 0 amide bonds. The number of esters is 6. The molecule has 43 heavy (non-hydrogen) atoms. The summed E-state index contributed by atoms with van der Waals surface area (Å²) in [5, 5.41) is 0. The van der Waals surface area contributed by atoms with Crippen molar-refractivity contribution in [1.29, 1.82) is 0 Å². The van der Waals surface area contributed by atoms with Gasteiger partial charge in [-0.3, -0.25) is 28.8 Å². The fraction of sp³-hybridized carbons (Fsp3) is 0.769. The average molecular weight is 709 g/mol. The molecule has 17 heteroatoms. The third kappa shape index (κ3) is 26.7. The van der Waals surface area contributed by atoms with Crippen molar-refractivity contribution in [3.8, 4) is 0 Å². The number of rotatable bonds is 23. The Morgan fingerprint density at radius 3 is 0.953 bits per heavy atom. The van der Waals surface area contributed by atoms with Crippen LogP contribution in [0.3, 0.4) is 0 Å². The summed E-state index contributed by atoms with van der Waals surface area (Å²) in [6.45, 7) is 1.33. The van der Waals surface area contributed by atoms with E-state index >= 15 is 0 Å². The average Bonchev–Trinajstić information content (AvgIpc) is 2.98. The van der Waals surface area contributed by atoms with Crippen LogP contribution in [0.2, 0.25) is 0 Å². The van der Waals surface area contributed by atoms with Gasteiger partial charge in [-0.1, -0.05) is 6.92 Å². The van der Waals surface area contributed by atoms with E-state index in [1.54, 1.807) is 0 Å². The highest BCUT2D eigenvalue weighted by Gasteiger charge is 2.37. The second kappa shape index (κ2) is 29.3. The SMILES string of the molecule is CCCC(=O)OCC(COC(=O)CCS)(COC(=O)CCS)COC(=O)CCS.O=C(CCC(=O)OCCS)OCCS. The zero-order valence-electron chi connectivity index (χ0n) is 24.4. The Morgan fingerprint density at radius 1 is 0.419 bits per heavy atom. The van der Waals surface area contributed by atoms with Crippen molar-refractivity contribution in [2.75, 3.05) is 68.4 Å². The molecule has 0 aromatic carbocycles. The Labute approximate surface area is 280 Å². The summed E-state index contributed by atoms with van der Waals surface area (Å²) in [5.74, 6) is -0.966. The summed E-state index contributed by atoms with van der Waals surface area (Å²) in [6, 6.07) is 0. The Kier molecular flexibility index (Phi) is 29.8. The van der Waals surface area contributed by atoms with Gasteiger partial charge in [-0.05, 0) is 6.42 Å². The van der Waals surface area contributed by atoms with Crippen molar-refractivity contribution in [3.63, 3.8) is 0 Å². The monoisotopic (exact) mass is 708 g/mol. The van der Waals surface area contributed by atoms with Gasteiger partial charge in [0.25, 0.3) is 0 Å². The summed E-state index contributed by atoms with van der Waals surface area (Å²) in [5.41, 5.74) is -1.23. The molecule has 0 heterocycles. The number of carbonyl (C=O) groups is 6. The lowest BCUT2D eigenvalue weighted by Crippen LogP contribution is -2.44. The number of hydrogen-bond acceptors (Lipinski definition) is 17. The molecule has 12 nitrogen and oxygen atoms in total. The van der Waals surface area contributed by atoms with Gasteiger partial charge >= 0.3 is 35.8 Å². The van der Waals surface area contributed by atoms with E-state index in [2.05, 4.69) is 63.1 Å². The van der Waals surface area contributed by atoms with Crippen molar-refractivity contribution in [2.45, 2.75) is 51.9 Å². The summed E-state index contributed by atoms with van der Waals surface area (Å²) >= 11 is 19.7. The molecule has 0 bridgehead atoms. The Morgan fingerprint density at radius 2 is 0.698 bits per heavy atom. The molecule has 0 atom stereocenters. The van der Waals surface area contributed by atoms with Gasteiger partial charge in [0, 0.05) is 35.2 Å². The molecule has 0 spiro atoms. The van der Waals surface area contributed by atoms with Crippen LogP contribution in [0.1, 0.15) is 51.9 Å². The second-order valence-electron chi connectivity index (χ2n) is 8.70. The highest BCUT2D eigenvalue weighted by molar-refractivity contribution is 7.80. The van der Waals surface area contributed by atoms with Crippen molar-refractivity contribution < 1.29 is 57.2 Å². The fourth-order valence-corrected chi connectivity index (χ4v) is 3.35. The zero-order valence-corrected chi connectivity index (χ0v) is 28.8. The second-order valence-corrected chi connectivity index (χ2v) is 10.9. The molecule has 0 N–H and O–H groups in total. The van der Waals surface area contributed by atoms with Gasteiger partial charge in [0.15, 0.2) is 0 Å². The molecule has 0 saturated carbocycles. The van der Waals surface area contributed by atoms with E-state index < -0.39 is 41.2 Å². The van der Waals surface area contributed by atoms with E-state index in [-0.39, 0.29) is 78.2 Å². The molecular formula is C26H44O12S5. The topological polar surface area (TPSA) is 158 Å². The quantitative estimate of drug-likeness (QED) is 0.0602. The van der Waals surface area contributed by atoms with Crippen molar-refractivity contribution in [2.24, 2.45) is 5.41 Å². The van der Waals surface area contributed by atoms with Crippen LogP contribution < -0.4 is 0 Å². The van der Waals surface area contributed by atoms with Gasteiger partial charge in [-0.2, -0.15) is 63.1 Å². The van der Waals surface area contributed by atoms with Crippen LogP contribution >= 0.6 is 63.1 Å². The highest BCUT2D eigenvalue weighted by Crippen LogP contribution is 2.22. The summed E-state index contributed by atoms with van der Waals surface area (Å²) in [6.07, 6.45) is 1.14. The molecule has 0 aliphatic carbocycles. The van der Waals surface area contributed by atoms with E-state index in [0.717, 1.165) is 0 Å². The molecule has 0 radical (unpaired) electrons. The molecule has 0 aliphatic heterocycles.